The van der Waals surface area contributed by atoms with Crippen molar-refractivity contribution in [3.05, 3.63) is 64.7 Å². The number of carbonyl (C=O) groups excluding carboxylic acids is 1. The summed E-state index contributed by atoms with van der Waals surface area (Å²) in [6.45, 7) is 2.64. The van der Waals surface area contributed by atoms with Crippen LogP contribution in [0, 0.1) is 0 Å². The van der Waals surface area contributed by atoms with Crippen LogP contribution in [0.1, 0.15) is 42.3 Å². The molecule has 1 aliphatic carbocycles. The van der Waals surface area contributed by atoms with Crippen molar-refractivity contribution in [2.75, 3.05) is 0 Å². The Bertz CT molecular complexity index is 952. The summed E-state index contributed by atoms with van der Waals surface area (Å²) in [6.07, 6.45) is 4.36. The normalized spacial score (nSPS) is 24.1. The second-order valence-electron chi connectivity index (χ2n) is 8.15. The minimum atomic E-state index is 0.0987. The average Bonchev–Trinajstić information content (AvgIpc) is 3.09. The number of thiazole rings is 1. The summed E-state index contributed by atoms with van der Waals surface area (Å²) in [5.74, 6) is 0.0987. The summed E-state index contributed by atoms with van der Waals surface area (Å²) in [4.78, 5) is 18.7. The van der Waals surface area contributed by atoms with Crippen LogP contribution in [-0.4, -0.2) is 33.9 Å². The van der Waals surface area contributed by atoms with Gasteiger partial charge in [-0.2, -0.15) is 0 Å². The van der Waals surface area contributed by atoms with Gasteiger partial charge in [-0.05, 0) is 42.5 Å². The number of hydrogen-bond donors (Lipinski definition) is 1. The van der Waals surface area contributed by atoms with Gasteiger partial charge in [-0.1, -0.05) is 36.4 Å². The molecule has 2 aromatic carbocycles. The van der Waals surface area contributed by atoms with Gasteiger partial charge < -0.3 is 5.32 Å². The lowest BCUT2D eigenvalue weighted by molar-refractivity contribution is -0.121. The zero-order valence-corrected chi connectivity index (χ0v) is 16.9. The average molecular weight is 392 g/mol. The fourth-order valence-electron chi connectivity index (χ4n) is 4.77. The molecule has 1 saturated carbocycles. The van der Waals surface area contributed by atoms with Crippen molar-refractivity contribution in [1.29, 1.82) is 0 Å². The van der Waals surface area contributed by atoms with E-state index >= 15 is 0 Å². The van der Waals surface area contributed by atoms with Gasteiger partial charge in [-0.3, -0.25) is 9.69 Å². The van der Waals surface area contributed by atoms with Crippen LogP contribution in [0.2, 0.25) is 0 Å². The minimum Gasteiger partial charge on any atom is -0.353 e. The Balaban J connectivity index is 1.20. The molecule has 2 aliphatic heterocycles. The fourth-order valence-corrected chi connectivity index (χ4v) is 5.77. The molecule has 1 N–H and O–H groups in total. The van der Waals surface area contributed by atoms with Gasteiger partial charge in [0.1, 0.15) is 0 Å². The fraction of sp³-hybridized carbons (Fsp3) is 0.391. The van der Waals surface area contributed by atoms with Crippen LogP contribution in [-0.2, 0) is 17.8 Å². The third-order valence-electron chi connectivity index (χ3n) is 6.08. The van der Waals surface area contributed by atoms with Crippen molar-refractivity contribution in [1.82, 2.24) is 15.2 Å². The van der Waals surface area contributed by atoms with Crippen LogP contribution in [0.15, 0.2) is 48.5 Å². The Morgan fingerprint density at radius 3 is 2.50 bits per heavy atom. The second-order valence-corrected chi connectivity index (χ2v) is 9.27. The molecule has 2 bridgehead atoms. The Morgan fingerprint density at radius 1 is 1.07 bits per heavy atom. The first kappa shape index (κ1) is 17.8. The second kappa shape index (κ2) is 7.30. The molecule has 144 valence electrons. The number of nitrogens with one attached hydrogen (secondary N) is 1. The lowest BCUT2D eigenvalue weighted by Crippen LogP contribution is -2.63. The van der Waals surface area contributed by atoms with E-state index in [0.29, 0.717) is 18.1 Å². The Labute approximate surface area is 169 Å². The van der Waals surface area contributed by atoms with E-state index in [4.69, 9.17) is 4.98 Å². The smallest absolute Gasteiger partial charge is 0.217 e. The van der Waals surface area contributed by atoms with Crippen molar-refractivity contribution in [2.45, 2.75) is 57.3 Å². The zero-order valence-electron chi connectivity index (χ0n) is 16.1. The first-order valence-electron chi connectivity index (χ1n) is 10.1. The highest BCUT2D eigenvalue weighted by atomic mass is 32.1. The molecule has 1 aromatic heterocycles. The molecule has 28 heavy (non-hydrogen) atoms. The van der Waals surface area contributed by atoms with Crippen molar-refractivity contribution < 1.29 is 4.79 Å². The Kier molecular flexibility index (Phi) is 4.65. The summed E-state index contributed by atoms with van der Waals surface area (Å²) in [5, 5.41) is 4.27. The maximum atomic E-state index is 11.3. The van der Waals surface area contributed by atoms with Gasteiger partial charge in [0, 0.05) is 38.0 Å². The highest BCUT2D eigenvalue weighted by molar-refractivity contribution is 7.18. The topological polar surface area (TPSA) is 45.2 Å². The number of rotatable bonds is 5. The van der Waals surface area contributed by atoms with Gasteiger partial charge in [-0.15, -0.1) is 11.3 Å². The summed E-state index contributed by atoms with van der Waals surface area (Å²) in [5.41, 5.74) is 3.79. The van der Waals surface area contributed by atoms with Crippen LogP contribution in [0.5, 0.6) is 0 Å². The number of benzene rings is 2. The van der Waals surface area contributed by atoms with Crippen LogP contribution < -0.4 is 5.32 Å². The molecule has 3 atom stereocenters. The molecule has 3 heterocycles. The molecule has 3 fully saturated rings. The third kappa shape index (κ3) is 3.56. The van der Waals surface area contributed by atoms with E-state index in [9.17, 15) is 4.79 Å². The Hall–Kier alpha value is -2.24. The maximum absolute atomic E-state index is 11.3. The monoisotopic (exact) mass is 391 g/mol. The van der Waals surface area contributed by atoms with Gasteiger partial charge >= 0.3 is 0 Å². The summed E-state index contributed by atoms with van der Waals surface area (Å²) in [7, 11) is 0. The van der Waals surface area contributed by atoms with E-state index in [1.54, 1.807) is 18.3 Å². The molecule has 5 heteroatoms. The van der Waals surface area contributed by atoms with Gasteiger partial charge in [0.2, 0.25) is 5.91 Å². The van der Waals surface area contributed by atoms with Crippen LogP contribution in [0.25, 0.3) is 10.2 Å². The van der Waals surface area contributed by atoms with Crippen molar-refractivity contribution in [3.8, 4) is 0 Å². The van der Waals surface area contributed by atoms with Crippen LogP contribution >= 0.6 is 11.3 Å². The van der Waals surface area contributed by atoms with Gasteiger partial charge in [-0.25, -0.2) is 4.98 Å². The lowest BCUT2D eigenvalue weighted by atomic mass is 9.76. The number of nitrogens with zero attached hydrogens (tertiary/aromatic N) is 2. The van der Waals surface area contributed by atoms with Crippen molar-refractivity contribution in [2.24, 2.45) is 0 Å². The maximum Gasteiger partial charge on any atom is 0.217 e. The number of piperidine rings is 1. The number of para-hydroxylation sites is 1. The summed E-state index contributed by atoms with van der Waals surface area (Å²) in [6, 6.07) is 19.0. The predicted molar refractivity (Wildman–Crippen MR) is 113 cm³/mol. The molecule has 0 spiro atoms. The molecule has 3 aliphatic rings. The highest BCUT2D eigenvalue weighted by Crippen LogP contribution is 2.39. The van der Waals surface area contributed by atoms with E-state index in [1.807, 2.05) is 6.07 Å². The van der Waals surface area contributed by atoms with Crippen LogP contribution in [0.4, 0.5) is 0 Å². The SMILES string of the molecule is CC(=O)N[C@H]1CC2C[C@@H](C1)N2Cc1ccc(Cc2nc3ccccc3s2)cc1. The predicted octanol–water partition coefficient (Wildman–Crippen LogP) is 4.13. The van der Waals surface area contributed by atoms with E-state index in [1.165, 1.54) is 27.3 Å². The number of aromatic nitrogens is 1. The van der Waals surface area contributed by atoms with E-state index in [2.05, 4.69) is 52.7 Å². The quantitative estimate of drug-likeness (QED) is 0.711. The van der Waals surface area contributed by atoms with E-state index < -0.39 is 0 Å². The molecular weight excluding hydrogens is 366 g/mol. The first-order chi connectivity index (χ1) is 13.6. The standard InChI is InChI=1S/C23H25N3OS/c1-15(27)24-18-11-19-13-20(12-18)26(19)14-17-8-6-16(7-9-17)10-23-25-21-4-2-3-5-22(21)28-23/h2-9,18-20H,10-14H2,1H3,(H,24,27)/t18-,19-,20?/m1/s1. The molecule has 3 aromatic rings. The highest BCUT2D eigenvalue weighted by Gasteiger charge is 2.45. The van der Waals surface area contributed by atoms with E-state index in [0.717, 1.165) is 31.3 Å². The largest absolute Gasteiger partial charge is 0.353 e. The number of hydrogen-bond acceptors (Lipinski definition) is 4. The number of fused-ring (bicyclic) bond motifs is 3. The third-order valence-corrected chi connectivity index (χ3v) is 7.12. The zero-order chi connectivity index (χ0) is 19.1. The molecule has 1 unspecified atom stereocenters. The molecule has 1 amide bonds. The minimum absolute atomic E-state index is 0.0987. The number of carbonyl (C=O) groups is 1. The number of amides is 1. The summed E-state index contributed by atoms with van der Waals surface area (Å²) >= 11 is 1.79. The molecular formula is C23H25N3OS. The van der Waals surface area contributed by atoms with Gasteiger partial charge in [0.05, 0.1) is 15.2 Å². The molecule has 6 rings (SSSR count). The van der Waals surface area contributed by atoms with Crippen LogP contribution in [0.3, 0.4) is 0 Å². The van der Waals surface area contributed by atoms with Crippen molar-refractivity contribution in [3.63, 3.8) is 0 Å². The summed E-state index contributed by atoms with van der Waals surface area (Å²) < 4.78 is 1.26. The van der Waals surface area contributed by atoms with E-state index in [-0.39, 0.29) is 5.91 Å². The Morgan fingerprint density at radius 2 is 1.79 bits per heavy atom. The first-order valence-corrected chi connectivity index (χ1v) is 10.9. The molecule has 2 saturated heterocycles. The molecule has 0 radical (unpaired) electrons. The molecule has 4 nitrogen and oxygen atoms in total. The van der Waals surface area contributed by atoms with Gasteiger partial charge in [0.15, 0.2) is 0 Å². The lowest BCUT2D eigenvalue weighted by Gasteiger charge is -2.55. The van der Waals surface area contributed by atoms with Crippen molar-refractivity contribution >= 4 is 27.5 Å². The van der Waals surface area contributed by atoms with Gasteiger partial charge in [0.25, 0.3) is 0 Å².